The molecule has 0 unspecified atom stereocenters. The summed E-state index contributed by atoms with van der Waals surface area (Å²) in [6.07, 6.45) is 17.8. The molecule has 0 spiro atoms. The zero-order valence-corrected chi connectivity index (χ0v) is 14.3. The number of carboxylic acid groups (broad SMARTS) is 1. The predicted molar refractivity (Wildman–Crippen MR) is 94.1 cm³/mol. The summed E-state index contributed by atoms with van der Waals surface area (Å²) in [6.45, 7) is 2.24. The van der Waals surface area contributed by atoms with Gasteiger partial charge in [-0.1, -0.05) is 58.3 Å². The van der Waals surface area contributed by atoms with E-state index in [1.807, 2.05) is 0 Å². The third-order valence-electron chi connectivity index (χ3n) is 3.98. The lowest BCUT2D eigenvalue weighted by Gasteiger charge is -2.05. The molecule has 0 aliphatic carbocycles. The predicted octanol–water partition coefficient (Wildman–Crippen LogP) is 4.40. The lowest BCUT2D eigenvalue weighted by molar-refractivity contribution is -0.138. The molecule has 1 rings (SSSR count). The van der Waals surface area contributed by atoms with E-state index in [1.165, 1.54) is 51.4 Å². The molecule has 0 radical (unpaired) electrons. The van der Waals surface area contributed by atoms with Gasteiger partial charge in [-0.15, -0.1) is 0 Å². The molecule has 23 heavy (non-hydrogen) atoms. The van der Waals surface area contributed by atoms with Gasteiger partial charge in [0.05, 0.1) is 6.33 Å². The molecule has 1 aromatic heterocycles. The number of nitrogens with one attached hydrogen (secondary N) is 1. The van der Waals surface area contributed by atoms with Gasteiger partial charge in [-0.2, -0.15) is 0 Å². The zero-order valence-electron chi connectivity index (χ0n) is 14.3. The molecule has 1 aromatic rings. The Morgan fingerprint density at radius 3 is 2.43 bits per heavy atom. The van der Waals surface area contributed by atoms with Crippen LogP contribution in [0.5, 0.6) is 0 Å². The second-order valence-corrected chi connectivity index (χ2v) is 6.08. The highest BCUT2D eigenvalue weighted by Crippen LogP contribution is 2.10. The maximum Gasteiger partial charge on any atom is 0.328 e. The monoisotopic (exact) mass is 321 g/mol. The lowest BCUT2D eigenvalue weighted by Crippen LogP contribution is -2.21. The molecular formula is C18H31N3O2. The molecular weight excluding hydrogens is 290 g/mol. The van der Waals surface area contributed by atoms with Crippen LogP contribution in [0.3, 0.4) is 0 Å². The Morgan fingerprint density at radius 2 is 1.87 bits per heavy atom. The number of nitrogens with zero attached hydrogens (tertiary/aromatic N) is 2. The molecule has 0 fully saturated rings. The number of carbonyl (C=O) groups is 1. The molecule has 5 heteroatoms. The van der Waals surface area contributed by atoms with E-state index in [0.29, 0.717) is 6.42 Å². The molecule has 1 atom stereocenters. The third kappa shape index (κ3) is 9.87. The molecule has 0 bridgehead atoms. The van der Waals surface area contributed by atoms with Crippen molar-refractivity contribution in [2.24, 2.45) is 4.99 Å². The van der Waals surface area contributed by atoms with E-state index in [0.717, 1.165) is 18.5 Å². The SMILES string of the molecule is CCCCCCCCCCCC=N[C@@H](Cc1cnc[nH]1)C(=O)O. The number of hydrogen-bond donors (Lipinski definition) is 2. The molecule has 2 N–H and O–H groups in total. The minimum Gasteiger partial charge on any atom is -0.480 e. The summed E-state index contributed by atoms with van der Waals surface area (Å²) in [5.41, 5.74) is 0.803. The maximum absolute atomic E-state index is 11.2. The van der Waals surface area contributed by atoms with Gasteiger partial charge in [0.1, 0.15) is 0 Å². The molecule has 1 heterocycles. The quantitative estimate of drug-likeness (QED) is 0.394. The maximum atomic E-state index is 11.2. The zero-order chi connectivity index (χ0) is 16.8. The smallest absolute Gasteiger partial charge is 0.328 e. The van der Waals surface area contributed by atoms with Gasteiger partial charge in [0, 0.05) is 18.3 Å². The van der Waals surface area contributed by atoms with Crippen LogP contribution >= 0.6 is 0 Å². The van der Waals surface area contributed by atoms with Crippen LogP contribution in [0.25, 0.3) is 0 Å². The van der Waals surface area contributed by atoms with Crippen molar-refractivity contribution in [3.05, 3.63) is 18.2 Å². The number of imidazole rings is 1. The van der Waals surface area contributed by atoms with Gasteiger partial charge in [0.25, 0.3) is 0 Å². The van der Waals surface area contributed by atoms with Crippen molar-refractivity contribution in [3.8, 4) is 0 Å². The average molecular weight is 321 g/mol. The van der Waals surface area contributed by atoms with E-state index in [-0.39, 0.29) is 0 Å². The van der Waals surface area contributed by atoms with Crippen molar-refractivity contribution in [2.75, 3.05) is 0 Å². The first kappa shape index (κ1) is 19.4. The number of aromatic nitrogens is 2. The molecule has 0 amide bonds. The fraction of sp³-hybridized carbons (Fsp3) is 0.722. The van der Waals surface area contributed by atoms with Gasteiger partial charge in [0.15, 0.2) is 6.04 Å². The summed E-state index contributed by atoms with van der Waals surface area (Å²) in [5.74, 6) is -0.886. The number of carboxylic acids is 1. The van der Waals surface area contributed by atoms with Crippen LogP contribution in [0, 0.1) is 0 Å². The van der Waals surface area contributed by atoms with Crippen molar-refractivity contribution < 1.29 is 9.90 Å². The van der Waals surface area contributed by atoms with Crippen molar-refractivity contribution in [1.82, 2.24) is 9.97 Å². The van der Waals surface area contributed by atoms with Crippen molar-refractivity contribution in [2.45, 2.75) is 83.6 Å². The van der Waals surface area contributed by atoms with Crippen LogP contribution < -0.4 is 0 Å². The summed E-state index contributed by atoms with van der Waals surface area (Å²) in [7, 11) is 0. The van der Waals surface area contributed by atoms with Crippen LogP contribution in [0.15, 0.2) is 17.5 Å². The van der Waals surface area contributed by atoms with E-state index in [4.69, 9.17) is 0 Å². The number of hydrogen-bond acceptors (Lipinski definition) is 3. The minimum atomic E-state index is -0.886. The van der Waals surface area contributed by atoms with Crippen molar-refractivity contribution >= 4 is 12.2 Å². The van der Waals surface area contributed by atoms with Crippen LogP contribution in [-0.2, 0) is 11.2 Å². The van der Waals surface area contributed by atoms with Crippen LogP contribution in [0.2, 0.25) is 0 Å². The summed E-state index contributed by atoms with van der Waals surface area (Å²) in [4.78, 5) is 22.2. The number of aliphatic carboxylic acids is 1. The molecule has 0 aromatic carbocycles. The Labute approximate surface area is 139 Å². The number of unbranched alkanes of at least 4 members (excludes halogenated alkanes) is 9. The highest BCUT2D eigenvalue weighted by atomic mass is 16.4. The van der Waals surface area contributed by atoms with E-state index >= 15 is 0 Å². The molecule has 0 saturated heterocycles. The molecule has 0 aliphatic rings. The van der Waals surface area contributed by atoms with Crippen LogP contribution in [0.4, 0.5) is 0 Å². The summed E-state index contributed by atoms with van der Waals surface area (Å²) in [5, 5.41) is 9.19. The Kier molecular flexibility index (Phi) is 10.8. The Bertz CT molecular complexity index is 429. The fourth-order valence-electron chi connectivity index (χ4n) is 2.56. The summed E-state index contributed by atoms with van der Waals surface area (Å²) < 4.78 is 0. The number of aromatic amines is 1. The second kappa shape index (κ2) is 12.9. The van der Waals surface area contributed by atoms with Gasteiger partial charge in [0.2, 0.25) is 0 Å². The Morgan fingerprint density at radius 1 is 1.22 bits per heavy atom. The van der Waals surface area contributed by atoms with Gasteiger partial charge >= 0.3 is 5.97 Å². The van der Waals surface area contributed by atoms with Gasteiger partial charge in [-0.05, 0) is 19.1 Å². The number of aliphatic imine (C=N–C) groups is 1. The fourth-order valence-corrected chi connectivity index (χ4v) is 2.56. The summed E-state index contributed by atoms with van der Waals surface area (Å²) >= 11 is 0. The molecule has 0 aliphatic heterocycles. The Balaban J connectivity index is 2.06. The van der Waals surface area contributed by atoms with E-state index in [2.05, 4.69) is 21.9 Å². The van der Waals surface area contributed by atoms with Gasteiger partial charge in [-0.3, -0.25) is 4.99 Å². The largest absolute Gasteiger partial charge is 0.480 e. The van der Waals surface area contributed by atoms with Crippen molar-refractivity contribution in [1.29, 1.82) is 0 Å². The first-order valence-electron chi connectivity index (χ1n) is 8.95. The van der Waals surface area contributed by atoms with E-state index in [9.17, 15) is 9.90 Å². The first-order chi connectivity index (χ1) is 11.2. The summed E-state index contributed by atoms with van der Waals surface area (Å²) in [6, 6.07) is -0.714. The van der Waals surface area contributed by atoms with E-state index < -0.39 is 12.0 Å². The third-order valence-corrected chi connectivity index (χ3v) is 3.98. The second-order valence-electron chi connectivity index (χ2n) is 6.08. The molecule has 0 saturated carbocycles. The van der Waals surface area contributed by atoms with Crippen molar-refractivity contribution in [3.63, 3.8) is 0 Å². The Hall–Kier alpha value is -1.65. The highest BCUT2D eigenvalue weighted by Gasteiger charge is 2.16. The molecule has 5 nitrogen and oxygen atoms in total. The normalized spacial score (nSPS) is 12.7. The van der Waals surface area contributed by atoms with Gasteiger partial charge < -0.3 is 10.1 Å². The highest BCUT2D eigenvalue weighted by molar-refractivity contribution is 5.76. The number of rotatable bonds is 14. The van der Waals surface area contributed by atoms with Crippen LogP contribution in [-0.4, -0.2) is 33.3 Å². The first-order valence-corrected chi connectivity index (χ1v) is 8.95. The topological polar surface area (TPSA) is 78.3 Å². The van der Waals surface area contributed by atoms with Crippen LogP contribution in [0.1, 0.15) is 76.8 Å². The lowest BCUT2D eigenvalue weighted by atomic mass is 10.1. The standard InChI is InChI=1S/C18H31N3O2/c1-2-3-4-5-6-7-8-9-10-11-12-20-17(18(22)23)13-16-14-19-15-21-16/h12,14-15,17H,2-11,13H2,1H3,(H,19,21)(H,22,23)/t17-/m0/s1. The van der Waals surface area contributed by atoms with Gasteiger partial charge in [-0.25, -0.2) is 9.78 Å². The van der Waals surface area contributed by atoms with E-state index in [1.54, 1.807) is 18.7 Å². The average Bonchev–Trinajstić information content (AvgIpc) is 3.04. The molecule has 130 valence electrons. The minimum absolute atomic E-state index is 0.365. The number of H-pyrrole nitrogens is 1.